The highest BCUT2D eigenvalue weighted by atomic mass is 19.1. The van der Waals surface area contributed by atoms with Crippen molar-refractivity contribution < 1.29 is 4.39 Å². The summed E-state index contributed by atoms with van der Waals surface area (Å²) in [6, 6.07) is 11.8. The van der Waals surface area contributed by atoms with Crippen LogP contribution in [0, 0.1) is 5.82 Å². The Morgan fingerprint density at radius 3 is 2.81 bits per heavy atom. The number of aliphatic imine (C=N–C) groups is 1. The molecule has 0 aliphatic heterocycles. The number of rotatable bonds is 2. The van der Waals surface area contributed by atoms with E-state index < -0.39 is 0 Å². The SMILES string of the molecule is CC(N)=Nc1ccc2nc(-c3cccc(F)c3)ncc2c1. The van der Waals surface area contributed by atoms with E-state index in [0.29, 0.717) is 17.2 Å². The van der Waals surface area contributed by atoms with E-state index in [1.165, 1.54) is 12.1 Å². The monoisotopic (exact) mass is 280 g/mol. The third-order valence-corrected chi connectivity index (χ3v) is 2.95. The van der Waals surface area contributed by atoms with Crippen molar-refractivity contribution in [2.24, 2.45) is 10.7 Å². The Kier molecular flexibility index (Phi) is 3.31. The van der Waals surface area contributed by atoms with E-state index in [0.717, 1.165) is 16.6 Å². The van der Waals surface area contributed by atoms with Gasteiger partial charge in [-0.25, -0.2) is 19.4 Å². The molecule has 0 saturated carbocycles. The van der Waals surface area contributed by atoms with Crippen LogP contribution < -0.4 is 5.73 Å². The lowest BCUT2D eigenvalue weighted by molar-refractivity contribution is 0.628. The Hall–Kier alpha value is -2.82. The molecule has 0 amide bonds. The Labute approximate surface area is 121 Å². The normalized spacial score (nSPS) is 11.8. The van der Waals surface area contributed by atoms with Crippen molar-refractivity contribution in [2.75, 3.05) is 0 Å². The zero-order valence-electron chi connectivity index (χ0n) is 11.4. The summed E-state index contributed by atoms with van der Waals surface area (Å²) in [5, 5.41) is 0.859. The van der Waals surface area contributed by atoms with Crippen LogP contribution in [0.3, 0.4) is 0 Å². The molecule has 21 heavy (non-hydrogen) atoms. The van der Waals surface area contributed by atoms with Gasteiger partial charge in [-0.15, -0.1) is 0 Å². The molecule has 0 unspecified atom stereocenters. The smallest absolute Gasteiger partial charge is 0.159 e. The van der Waals surface area contributed by atoms with E-state index in [1.54, 1.807) is 25.3 Å². The van der Waals surface area contributed by atoms with E-state index >= 15 is 0 Å². The number of hydrogen-bond acceptors (Lipinski definition) is 3. The Bertz CT molecular complexity index is 839. The molecule has 0 aliphatic rings. The number of nitrogens with two attached hydrogens (primary N) is 1. The van der Waals surface area contributed by atoms with E-state index in [4.69, 9.17) is 5.73 Å². The van der Waals surface area contributed by atoms with Gasteiger partial charge in [0.05, 0.1) is 17.0 Å². The van der Waals surface area contributed by atoms with Gasteiger partial charge in [-0.1, -0.05) is 12.1 Å². The summed E-state index contributed by atoms with van der Waals surface area (Å²) in [5.74, 6) is 0.680. The van der Waals surface area contributed by atoms with Gasteiger partial charge in [0, 0.05) is 17.1 Å². The first-order chi connectivity index (χ1) is 10.1. The number of aromatic nitrogens is 2. The molecule has 0 spiro atoms. The van der Waals surface area contributed by atoms with Crippen LogP contribution in [-0.4, -0.2) is 15.8 Å². The van der Waals surface area contributed by atoms with Gasteiger partial charge in [0.2, 0.25) is 0 Å². The van der Waals surface area contributed by atoms with Gasteiger partial charge in [-0.2, -0.15) is 0 Å². The first kappa shape index (κ1) is 13.2. The van der Waals surface area contributed by atoms with Crippen LogP contribution >= 0.6 is 0 Å². The molecule has 5 heteroatoms. The maximum Gasteiger partial charge on any atom is 0.159 e. The number of amidine groups is 1. The molecule has 0 atom stereocenters. The predicted molar refractivity (Wildman–Crippen MR) is 81.9 cm³/mol. The molecular weight excluding hydrogens is 267 g/mol. The van der Waals surface area contributed by atoms with Crippen LogP contribution in [0.2, 0.25) is 0 Å². The lowest BCUT2D eigenvalue weighted by atomic mass is 10.2. The average molecular weight is 280 g/mol. The van der Waals surface area contributed by atoms with Gasteiger partial charge < -0.3 is 5.73 Å². The number of hydrogen-bond donors (Lipinski definition) is 1. The summed E-state index contributed by atoms with van der Waals surface area (Å²) in [7, 11) is 0. The topological polar surface area (TPSA) is 64.2 Å². The van der Waals surface area contributed by atoms with Crippen molar-refractivity contribution in [2.45, 2.75) is 6.92 Å². The molecule has 104 valence electrons. The maximum atomic E-state index is 13.3. The maximum absolute atomic E-state index is 13.3. The second kappa shape index (κ2) is 5.28. The highest BCUT2D eigenvalue weighted by molar-refractivity contribution is 5.85. The Balaban J connectivity index is 2.07. The average Bonchev–Trinajstić information content (AvgIpc) is 2.46. The summed E-state index contributed by atoms with van der Waals surface area (Å²) < 4.78 is 13.3. The fourth-order valence-corrected chi connectivity index (χ4v) is 2.06. The highest BCUT2D eigenvalue weighted by Gasteiger charge is 2.05. The summed E-state index contributed by atoms with van der Waals surface area (Å²) in [6.45, 7) is 1.73. The first-order valence-corrected chi connectivity index (χ1v) is 6.45. The van der Waals surface area contributed by atoms with Gasteiger partial charge in [0.15, 0.2) is 5.82 Å². The molecule has 1 aromatic heterocycles. The minimum absolute atomic E-state index is 0.306. The second-order valence-electron chi connectivity index (χ2n) is 4.70. The zero-order valence-corrected chi connectivity index (χ0v) is 11.4. The van der Waals surface area contributed by atoms with E-state index in [9.17, 15) is 4.39 Å². The van der Waals surface area contributed by atoms with Crippen molar-refractivity contribution in [3.8, 4) is 11.4 Å². The van der Waals surface area contributed by atoms with Crippen LogP contribution in [-0.2, 0) is 0 Å². The Morgan fingerprint density at radius 2 is 2.05 bits per heavy atom. The number of nitrogens with zero attached hydrogens (tertiary/aromatic N) is 3. The predicted octanol–water partition coefficient (Wildman–Crippen LogP) is 3.44. The molecule has 4 nitrogen and oxygen atoms in total. The molecule has 2 N–H and O–H groups in total. The minimum Gasteiger partial charge on any atom is -0.387 e. The molecule has 2 aromatic carbocycles. The molecule has 3 rings (SSSR count). The van der Waals surface area contributed by atoms with Crippen molar-refractivity contribution >= 4 is 22.4 Å². The molecular formula is C16H13FN4. The molecule has 3 aromatic rings. The van der Waals surface area contributed by atoms with Crippen LogP contribution in [0.15, 0.2) is 53.7 Å². The summed E-state index contributed by atoms with van der Waals surface area (Å²) >= 11 is 0. The van der Waals surface area contributed by atoms with Gasteiger partial charge in [-0.05, 0) is 37.3 Å². The van der Waals surface area contributed by atoms with Crippen LogP contribution in [0.4, 0.5) is 10.1 Å². The number of benzene rings is 2. The summed E-state index contributed by atoms with van der Waals surface area (Å²) in [6.07, 6.45) is 1.70. The second-order valence-corrected chi connectivity index (χ2v) is 4.70. The fourth-order valence-electron chi connectivity index (χ4n) is 2.06. The Morgan fingerprint density at radius 1 is 1.19 bits per heavy atom. The van der Waals surface area contributed by atoms with Crippen molar-refractivity contribution in [3.63, 3.8) is 0 Å². The summed E-state index contributed by atoms with van der Waals surface area (Å²) in [4.78, 5) is 12.9. The molecule has 0 radical (unpaired) electrons. The molecule has 0 bridgehead atoms. The molecule has 0 aliphatic carbocycles. The van der Waals surface area contributed by atoms with Gasteiger partial charge in [0.1, 0.15) is 5.82 Å². The third-order valence-electron chi connectivity index (χ3n) is 2.95. The lowest BCUT2D eigenvalue weighted by Gasteiger charge is -2.03. The number of halogens is 1. The summed E-state index contributed by atoms with van der Waals surface area (Å²) in [5.41, 5.74) is 7.75. The minimum atomic E-state index is -0.306. The van der Waals surface area contributed by atoms with E-state index in [1.807, 2.05) is 18.2 Å². The quantitative estimate of drug-likeness (QED) is 0.577. The standard InChI is InChI=1S/C16H13FN4/c1-10(18)20-14-5-6-15-12(8-14)9-19-16(21-15)11-3-2-4-13(17)7-11/h2-9H,1H3,(H2,18,20). The van der Waals surface area contributed by atoms with Crippen molar-refractivity contribution in [1.29, 1.82) is 0 Å². The third kappa shape index (κ3) is 2.86. The molecule has 1 heterocycles. The lowest BCUT2D eigenvalue weighted by Crippen LogP contribution is -2.03. The van der Waals surface area contributed by atoms with Gasteiger partial charge in [-0.3, -0.25) is 0 Å². The largest absolute Gasteiger partial charge is 0.387 e. The number of fused-ring (bicyclic) bond motifs is 1. The van der Waals surface area contributed by atoms with Crippen LogP contribution in [0.25, 0.3) is 22.3 Å². The van der Waals surface area contributed by atoms with Gasteiger partial charge >= 0.3 is 0 Å². The van der Waals surface area contributed by atoms with Crippen molar-refractivity contribution in [3.05, 3.63) is 54.5 Å². The zero-order chi connectivity index (χ0) is 14.8. The van der Waals surface area contributed by atoms with E-state index in [-0.39, 0.29) is 5.82 Å². The first-order valence-electron chi connectivity index (χ1n) is 6.45. The van der Waals surface area contributed by atoms with Gasteiger partial charge in [0.25, 0.3) is 0 Å². The highest BCUT2D eigenvalue weighted by Crippen LogP contribution is 2.22. The molecule has 0 saturated heterocycles. The van der Waals surface area contributed by atoms with Crippen LogP contribution in [0.1, 0.15) is 6.92 Å². The molecule has 0 fully saturated rings. The van der Waals surface area contributed by atoms with Crippen molar-refractivity contribution in [1.82, 2.24) is 9.97 Å². The van der Waals surface area contributed by atoms with E-state index in [2.05, 4.69) is 15.0 Å². The van der Waals surface area contributed by atoms with Crippen LogP contribution in [0.5, 0.6) is 0 Å². The fraction of sp³-hybridized carbons (Fsp3) is 0.0625.